The van der Waals surface area contributed by atoms with Crippen LogP contribution in [-0.4, -0.2) is 44.3 Å². The first-order valence-electron chi connectivity index (χ1n) is 13.4. The topological polar surface area (TPSA) is 86.8 Å². The minimum absolute atomic E-state index is 0.100. The third kappa shape index (κ3) is 7.69. The molecule has 0 heterocycles. The molecule has 2 amide bonds. The highest BCUT2D eigenvalue weighted by atomic mass is 32.2. The Kier molecular flexibility index (Phi) is 10.7. The van der Waals surface area contributed by atoms with Gasteiger partial charge in [0.25, 0.3) is 10.0 Å². The number of carbonyl (C=O) groups excluding carboxylic acids is 2. The lowest BCUT2D eigenvalue weighted by atomic mass is 10.1. The Morgan fingerprint density at radius 3 is 2.13 bits per heavy atom. The van der Waals surface area contributed by atoms with Gasteiger partial charge < -0.3 is 10.2 Å². The molecular formula is C31H39N3O4S. The van der Waals surface area contributed by atoms with Gasteiger partial charge in [-0.15, -0.1) is 0 Å². The number of rotatable bonds is 13. The second-order valence-electron chi connectivity index (χ2n) is 9.69. The molecule has 39 heavy (non-hydrogen) atoms. The van der Waals surface area contributed by atoms with Crippen molar-refractivity contribution in [2.75, 3.05) is 17.4 Å². The van der Waals surface area contributed by atoms with E-state index >= 15 is 0 Å². The lowest BCUT2D eigenvalue weighted by molar-refractivity contribution is -0.140. The van der Waals surface area contributed by atoms with E-state index in [1.807, 2.05) is 70.2 Å². The van der Waals surface area contributed by atoms with Crippen LogP contribution in [0.5, 0.6) is 0 Å². The summed E-state index contributed by atoms with van der Waals surface area (Å²) >= 11 is 0. The molecule has 3 aromatic rings. The first-order valence-corrected chi connectivity index (χ1v) is 14.9. The van der Waals surface area contributed by atoms with Crippen molar-refractivity contribution in [1.29, 1.82) is 0 Å². The van der Waals surface area contributed by atoms with Gasteiger partial charge in [-0.2, -0.15) is 0 Å². The van der Waals surface area contributed by atoms with Crippen LogP contribution in [0.4, 0.5) is 5.69 Å². The van der Waals surface area contributed by atoms with Crippen LogP contribution < -0.4 is 9.62 Å². The van der Waals surface area contributed by atoms with Crippen LogP contribution in [0, 0.1) is 13.8 Å². The van der Waals surface area contributed by atoms with Gasteiger partial charge in [-0.1, -0.05) is 86.5 Å². The number of para-hydroxylation sites is 1. The highest BCUT2D eigenvalue weighted by Gasteiger charge is 2.34. The molecule has 0 saturated heterocycles. The van der Waals surface area contributed by atoms with Crippen molar-refractivity contribution in [3.8, 4) is 0 Å². The fourth-order valence-corrected chi connectivity index (χ4v) is 5.88. The molecule has 1 N–H and O–H groups in total. The SMILES string of the molecule is CCCCNC(=O)[C@H](CC)N(Cc1ccccc1)C(=O)CN(c1ccccc1C)S(=O)(=O)c1ccc(C)cc1. The monoisotopic (exact) mass is 549 g/mol. The zero-order chi connectivity index (χ0) is 28.4. The van der Waals surface area contributed by atoms with Crippen LogP contribution >= 0.6 is 0 Å². The number of hydrogen-bond donors (Lipinski definition) is 1. The van der Waals surface area contributed by atoms with Crippen molar-refractivity contribution in [3.63, 3.8) is 0 Å². The van der Waals surface area contributed by atoms with Gasteiger partial charge in [0.05, 0.1) is 10.6 Å². The van der Waals surface area contributed by atoms with Crippen LogP contribution in [-0.2, 0) is 26.2 Å². The lowest BCUT2D eigenvalue weighted by Gasteiger charge is -2.33. The number of carbonyl (C=O) groups is 2. The maximum Gasteiger partial charge on any atom is 0.264 e. The van der Waals surface area contributed by atoms with Crippen molar-refractivity contribution in [2.24, 2.45) is 0 Å². The number of hydrogen-bond acceptors (Lipinski definition) is 4. The van der Waals surface area contributed by atoms with E-state index in [1.54, 1.807) is 36.4 Å². The predicted octanol–water partition coefficient (Wildman–Crippen LogP) is 5.22. The number of nitrogens with zero attached hydrogens (tertiary/aromatic N) is 2. The zero-order valence-electron chi connectivity index (χ0n) is 23.3. The fourth-order valence-electron chi connectivity index (χ4n) is 4.40. The van der Waals surface area contributed by atoms with E-state index in [4.69, 9.17) is 0 Å². The Hall–Kier alpha value is -3.65. The second-order valence-corrected chi connectivity index (χ2v) is 11.5. The molecule has 0 aromatic heterocycles. The van der Waals surface area contributed by atoms with Crippen molar-refractivity contribution >= 4 is 27.5 Å². The van der Waals surface area contributed by atoms with Crippen molar-refractivity contribution < 1.29 is 18.0 Å². The Labute approximate surface area is 232 Å². The summed E-state index contributed by atoms with van der Waals surface area (Å²) in [5, 5.41) is 2.95. The third-order valence-electron chi connectivity index (χ3n) is 6.68. The number of aryl methyl sites for hydroxylation is 2. The molecule has 8 heteroatoms. The van der Waals surface area contributed by atoms with Crippen LogP contribution in [0.25, 0.3) is 0 Å². The molecule has 0 aliphatic rings. The van der Waals surface area contributed by atoms with Gasteiger partial charge in [-0.3, -0.25) is 13.9 Å². The third-order valence-corrected chi connectivity index (χ3v) is 8.46. The highest BCUT2D eigenvalue weighted by Crippen LogP contribution is 2.27. The van der Waals surface area contributed by atoms with Crippen LogP contribution in [0.1, 0.15) is 49.8 Å². The van der Waals surface area contributed by atoms with Crippen LogP contribution in [0.3, 0.4) is 0 Å². The zero-order valence-corrected chi connectivity index (χ0v) is 24.1. The average Bonchev–Trinajstić information content (AvgIpc) is 2.93. The summed E-state index contributed by atoms with van der Waals surface area (Å²) in [5.41, 5.74) is 2.93. The smallest absolute Gasteiger partial charge is 0.264 e. The summed E-state index contributed by atoms with van der Waals surface area (Å²) in [6.07, 6.45) is 2.17. The first-order chi connectivity index (χ1) is 18.7. The fraction of sp³-hybridized carbons (Fsp3) is 0.355. The summed E-state index contributed by atoms with van der Waals surface area (Å²) in [4.78, 5) is 28.9. The van der Waals surface area contributed by atoms with Crippen molar-refractivity contribution in [2.45, 2.75) is 64.4 Å². The maximum absolute atomic E-state index is 14.0. The Balaban J connectivity index is 2.03. The van der Waals surface area contributed by atoms with Crippen LogP contribution in [0.2, 0.25) is 0 Å². The lowest BCUT2D eigenvalue weighted by Crippen LogP contribution is -2.52. The van der Waals surface area contributed by atoms with E-state index in [1.165, 1.54) is 4.90 Å². The summed E-state index contributed by atoms with van der Waals surface area (Å²) in [5.74, 6) is -0.686. The van der Waals surface area contributed by atoms with E-state index in [0.29, 0.717) is 18.7 Å². The molecule has 3 aromatic carbocycles. The quantitative estimate of drug-likeness (QED) is 0.296. The Bertz CT molecular complexity index is 1340. The van der Waals surface area contributed by atoms with Gasteiger partial charge in [0, 0.05) is 13.1 Å². The average molecular weight is 550 g/mol. The van der Waals surface area contributed by atoms with E-state index in [9.17, 15) is 18.0 Å². The predicted molar refractivity (Wildman–Crippen MR) is 156 cm³/mol. The molecule has 0 unspecified atom stereocenters. The summed E-state index contributed by atoms with van der Waals surface area (Å²) in [6, 6.07) is 22.4. The molecule has 1 atom stereocenters. The number of benzene rings is 3. The van der Waals surface area contributed by atoms with Gasteiger partial charge in [-0.05, 0) is 56.0 Å². The van der Waals surface area contributed by atoms with E-state index in [0.717, 1.165) is 33.8 Å². The van der Waals surface area contributed by atoms with Crippen molar-refractivity contribution in [3.05, 3.63) is 95.6 Å². The number of nitrogens with one attached hydrogen (secondary N) is 1. The molecule has 0 bridgehead atoms. The molecule has 208 valence electrons. The Morgan fingerprint density at radius 1 is 0.872 bits per heavy atom. The molecule has 0 aliphatic heterocycles. The van der Waals surface area contributed by atoms with Gasteiger partial charge >= 0.3 is 0 Å². The standard InChI is InChI=1S/C31H39N3O4S/c1-5-7-21-32-31(36)28(6-2)33(22-26-14-9-8-10-15-26)30(35)23-34(29-16-12-11-13-25(29)4)39(37,38)27-19-17-24(3)18-20-27/h8-20,28H,5-7,21-23H2,1-4H3,(H,32,36)/t28-/m0/s1. The maximum atomic E-state index is 14.0. The number of sulfonamides is 1. The molecule has 0 radical (unpaired) electrons. The van der Waals surface area contributed by atoms with Crippen LogP contribution in [0.15, 0.2) is 83.8 Å². The minimum Gasteiger partial charge on any atom is -0.354 e. The molecule has 0 aliphatic carbocycles. The second kappa shape index (κ2) is 13.9. The van der Waals surface area contributed by atoms with Gasteiger partial charge in [-0.25, -0.2) is 8.42 Å². The molecular weight excluding hydrogens is 510 g/mol. The van der Waals surface area contributed by atoms with Crippen molar-refractivity contribution in [1.82, 2.24) is 10.2 Å². The highest BCUT2D eigenvalue weighted by molar-refractivity contribution is 7.92. The normalized spacial score (nSPS) is 12.0. The van der Waals surface area contributed by atoms with E-state index in [2.05, 4.69) is 5.32 Å². The number of amides is 2. The summed E-state index contributed by atoms with van der Waals surface area (Å²) in [6.45, 7) is 7.88. The van der Waals surface area contributed by atoms with E-state index < -0.39 is 28.5 Å². The van der Waals surface area contributed by atoms with Gasteiger partial charge in [0.2, 0.25) is 11.8 Å². The van der Waals surface area contributed by atoms with Gasteiger partial charge in [0.15, 0.2) is 0 Å². The largest absolute Gasteiger partial charge is 0.354 e. The molecule has 0 spiro atoms. The number of unbranched alkanes of at least 4 members (excludes halogenated alkanes) is 1. The minimum atomic E-state index is -4.08. The van der Waals surface area contributed by atoms with Gasteiger partial charge in [0.1, 0.15) is 12.6 Å². The molecule has 0 saturated carbocycles. The summed E-state index contributed by atoms with van der Waals surface area (Å²) in [7, 11) is -4.08. The molecule has 3 rings (SSSR count). The molecule has 0 fully saturated rings. The molecule has 7 nitrogen and oxygen atoms in total. The first kappa shape index (κ1) is 29.9. The summed E-state index contributed by atoms with van der Waals surface area (Å²) < 4.78 is 29.0. The number of anilines is 1. The Morgan fingerprint density at radius 2 is 1.51 bits per heavy atom. The van der Waals surface area contributed by atoms with E-state index in [-0.39, 0.29) is 17.3 Å².